The number of halogens is 4. The van der Waals surface area contributed by atoms with Crippen molar-refractivity contribution in [2.24, 2.45) is 0 Å². The van der Waals surface area contributed by atoms with Crippen molar-refractivity contribution in [3.8, 4) is 0 Å². The Morgan fingerprint density at radius 3 is 2.51 bits per heavy atom. The Bertz CT molecular complexity index is 1430. The molecule has 3 aromatic rings. The summed E-state index contributed by atoms with van der Waals surface area (Å²) in [5.74, 6) is -0.396. The monoisotopic (exact) mass is 567 g/mol. The number of piperazine rings is 1. The predicted octanol–water partition coefficient (Wildman–Crippen LogP) is 4.49. The Morgan fingerprint density at radius 1 is 1.18 bits per heavy atom. The molecule has 1 fully saturated rings. The standard InChI is InChI=1S/C25H29F4N7O2S/c1-3-36-31-15-24(33-36)39(37,38)35-11-10-34(9-8-25(27,28)29)23(16-35)21-13-18(14-30)22(12-17(21)2)32-20-6-4-19(26)5-7-20/h4-7,12-15,23,30,32H,3,8-11,16H2,1-2H3/t23-/m1/s1. The molecule has 1 aromatic heterocycles. The molecular formula is C25H29F4N7O2S. The number of aryl methyl sites for hydroxylation is 2. The molecule has 0 bridgehead atoms. The molecule has 0 aliphatic carbocycles. The van der Waals surface area contributed by atoms with Crippen LogP contribution in [0.2, 0.25) is 0 Å². The molecule has 2 heterocycles. The lowest BCUT2D eigenvalue weighted by atomic mass is 9.94. The van der Waals surface area contributed by atoms with Gasteiger partial charge in [-0.2, -0.15) is 27.4 Å². The van der Waals surface area contributed by atoms with Crippen molar-refractivity contribution < 1.29 is 26.0 Å². The first-order valence-corrected chi connectivity index (χ1v) is 13.7. The lowest BCUT2D eigenvalue weighted by molar-refractivity contribution is -0.140. The summed E-state index contributed by atoms with van der Waals surface area (Å²) in [6, 6.07) is 8.41. The van der Waals surface area contributed by atoms with E-state index in [2.05, 4.69) is 15.5 Å². The fourth-order valence-corrected chi connectivity index (χ4v) is 5.85. The second-order valence-electron chi connectivity index (χ2n) is 9.22. The molecule has 39 heavy (non-hydrogen) atoms. The molecule has 0 saturated carbocycles. The second kappa shape index (κ2) is 11.4. The molecule has 0 amide bonds. The van der Waals surface area contributed by atoms with Crippen LogP contribution in [0.15, 0.2) is 47.6 Å². The predicted molar refractivity (Wildman–Crippen MR) is 138 cm³/mol. The van der Waals surface area contributed by atoms with E-state index >= 15 is 0 Å². The zero-order chi connectivity index (χ0) is 28.4. The first-order chi connectivity index (χ1) is 18.4. The third-order valence-corrected chi connectivity index (χ3v) is 8.34. The van der Waals surface area contributed by atoms with E-state index in [1.54, 1.807) is 43.0 Å². The van der Waals surface area contributed by atoms with Gasteiger partial charge in [0, 0.05) is 55.4 Å². The summed E-state index contributed by atoms with van der Waals surface area (Å²) in [7, 11) is -4.04. The average Bonchev–Trinajstić information content (AvgIpc) is 3.39. The molecular weight excluding hydrogens is 538 g/mol. The Kier molecular flexibility index (Phi) is 8.37. The topological polar surface area (TPSA) is 107 Å². The van der Waals surface area contributed by atoms with Gasteiger partial charge in [0.2, 0.25) is 5.03 Å². The van der Waals surface area contributed by atoms with Gasteiger partial charge in [-0.1, -0.05) is 0 Å². The number of benzene rings is 2. The first kappa shape index (κ1) is 28.6. The summed E-state index contributed by atoms with van der Waals surface area (Å²) in [6.07, 6.45) is -3.14. The molecule has 1 atom stereocenters. The van der Waals surface area contributed by atoms with Crippen molar-refractivity contribution in [1.29, 1.82) is 5.41 Å². The molecule has 210 valence electrons. The fraction of sp³-hybridized carbons (Fsp3) is 0.400. The van der Waals surface area contributed by atoms with Crippen LogP contribution >= 0.6 is 0 Å². The molecule has 9 nitrogen and oxygen atoms in total. The van der Waals surface area contributed by atoms with E-state index in [0.717, 1.165) is 12.4 Å². The maximum Gasteiger partial charge on any atom is 0.390 e. The number of sulfonamides is 1. The fourth-order valence-electron chi connectivity index (χ4n) is 4.55. The van der Waals surface area contributed by atoms with Crippen LogP contribution in [0.1, 0.15) is 36.1 Å². The zero-order valence-electron chi connectivity index (χ0n) is 21.4. The number of rotatable bonds is 9. The lowest BCUT2D eigenvalue weighted by Crippen LogP contribution is -2.51. The number of alkyl halides is 3. The highest BCUT2D eigenvalue weighted by molar-refractivity contribution is 7.89. The zero-order valence-corrected chi connectivity index (χ0v) is 22.2. The third-order valence-electron chi connectivity index (χ3n) is 6.61. The Morgan fingerprint density at radius 2 is 1.90 bits per heavy atom. The van der Waals surface area contributed by atoms with Crippen LogP contribution in [-0.2, 0) is 16.6 Å². The Labute approximate surface area is 224 Å². The highest BCUT2D eigenvalue weighted by Crippen LogP contribution is 2.35. The van der Waals surface area contributed by atoms with Crippen LogP contribution in [0.25, 0.3) is 0 Å². The highest BCUT2D eigenvalue weighted by Gasteiger charge is 2.38. The van der Waals surface area contributed by atoms with Crippen LogP contribution in [0.4, 0.5) is 28.9 Å². The number of nitrogens with one attached hydrogen (secondary N) is 2. The van der Waals surface area contributed by atoms with Crippen molar-refractivity contribution >= 4 is 27.6 Å². The van der Waals surface area contributed by atoms with Crippen LogP contribution in [0.5, 0.6) is 0 Å². The van der Waals surface area contributed by atoms with Gasteiger partial charge in [0.1, 0.15) is 5.82 Å². The van der Waals surface area contributed by atoms with E-state index in [1.807, 2.05) is 0 Å². The molecule has 1 aliphatic heterocycles. The van der Waals surface area contributed by atoms with Gasteiger partial charge in [0.25, 0.3) is 10.0 Å². The van der Waals surface area contributed by atoms with Gasteiger partial charge in [-0.3, -0.25) is 4.90 Å². The third kappa shape index (κ3) is 6.62. The number of hydrogen-bond donors (Lipinski definition) is 2. The van der Waals surface area contributed by atoms with Gasteiger partial charge in [-0.25, -0.2) is 12.8 Å². The Hall–Kier alpha value is -3.36. The number of anilines is 2. The van der Waals surface area contributed by atoms with Crippen molar-refractivity contribution in [1.82, 2.24) is 24.2 Å². The summed E-state index contributed by atoms with van der Waals surface area (Å²) in [4.78, 5) is 2.88. The van der Waals surface area contributed by atoms with Crippen molar-refractivity contribution in [2.45, 2.75) is 44.1 Å². The van der Waals surface area contributed by atoms with Crippen molar-refractivity contribution in [3.63, 3.8) is 0 Å². The van der Waals surface area contributed by atoms with Gasteiger partial charge < -0.3 is 10.7 Å². The van der Waals surface area contributed by atoms with Crippen LogP contribution < -0.4 is 5.32 Å². The molecule has 1 saturated heterocycles. The minimum atomic E-state index is -4.37. The molecule has 2 N–H and O–H groups in total. The smallest absolute Gasteiger partial charge is 0.355 e. The maximum absolute atomic E-state index is 13.3. The van der Waals surface area contributed by atoms with E-state index < -0.39 is 34.5 Å². The molecule has 14 heteroatoms. The minimum absolute atomic E-state index is 0.00362. The molecule has 4 rings (SSSR count). The second-order valence-corrected chi connectivity index (χ2v) is 11.1. The largest absolute Gasteiger partial charge is 0.390 e. The SMILES string of the molecule is CCn1ncc(S(=O)(=O)N2CCN(CCC(F)(F)F)[C@@H](c3cc(C=N)c(Nc4ccc(F)cc4)cc3C)C2)n1. The molecule has 0 radical (unpaired) electrons. The van der Waals surface area contributed by atoms with E-state index in [9.17, 15) is 26.0 Å². The minimum Gasteiger partial charge on any atom is -0.355 e. The number of hydrogen-bond acceptors (Lipinski definition) is 7. The van der Waals surface area contributed by atoms with Gasteiger partial charge in [0.15, 0.2) is 0 Å². The number of aromatic nitrogens is 3. The lowest BCUT2D eigenvalue weighted by Gasteiger charge is -2.41. The van der Waals surface area contributed by atoms with E-state index in [1.165, 1.54) is 21.2 Å². The molecule has 0 unspecified atom stereocenters. The van der Waals surface area contributed by atoms with E-state index in [0.29, 0.717) is 34.6 Å². The van der Waals surface area contributed by atoms with Crippen LogP contribution in [0, 0.1) is 18.2 Å². The van der Waals surface area contributed by atoms with Crippen molar-refractivity contribution in [2.75, 3.05) is 31.5 Å². The summed E-state index contributed by atoms with van der Waals surface area (Å²) >= 11 is 0. The average molecular weight is 568 g/mol. The summed E-state index contributed by atoms with van der Waals surface area (Å²) in [5.41, 5.74) is 2.90. The van der Waals surface area contributed by atoms with Gasteiger partial charge in [0.05, 0.1) is 19.2 Å². The van der Waals surface area contributed by atoms with Gasteiger partial charge >= 0.3 is 6.18 Å². The summed E-state index contributed by atoms with van der Waals surface area (Å²) < 4.78 is 80.6. The summed E-state index contributed by atoms with van der Waals surface area (Å²) in [5, 5.41) is 18.8. The quantitative estimate of drug-likeness (QED) is 0.292. The van der Waals surface area contributed by atoms with Gasteiger partial charge in [-0.05, 0) is 61.4 Å². The van der Waals surface area contributed by atoms with Crippen LogP contribution in [-0.4, -0.2) is 71.2 Å². The Balaban J connectivity index is 1.68. The summed E-state index contributed by atoms with van der Waals surface area (Å²) in [6.45, 7) is 3.61. The highest BCUT2D eigenvalue weighted by atomic mass is 32.2. The van der Waals surface area contributed by atoms with Gasteiger partial charge in [-0.15, -0.1) is 5.10 Å². The molecule has 0 spiro atoms. The van der Waals surface area contributed by atoms with E-state index in [4.69, 9.17) is 5.41 Å². The number of nitrogens with zero attached hydrogens (tertiary/aromatic N) is 5. The van der Waals surface area contributed by atoms with E-state index in [-0.39, 0.29) is 31.2 Å². The first-order valence-electron chi connectivity index (χ1n) is 12.3. The normalized spacial score (nSPS) is 17.3. The maximum atomic E-state index is 13.3. The van der Waals surface area contributed by atoms with Crippen LogP contribution in [0.3, 0.4) is 0 Å². The van der Waals surface area contributed by atoms with Crippen molar-refractivity contribution in [3.05, 3.63) is 65.1 Å². The molecule has 2 aromatic carbocycles. The molecule has 1 aliphatic rings.